The molecule has 0 spiro atoms. The molecule has 1 aliphatic heterocycles. The summed E-state index contributed by atoms with van der Waals surface area (Å²) in [6.45, 7) is 5.30. The van der Waals surface area contributed by atoms with Gasteiger partial charge in [-0.1, -0.05) is 24.3 Å². The largest absolute Gasteiger partial charge is 0.351 e. The molecule has 0 unspecified atom stereocenters. The normalized spacial score (nSPS) is 15.4. The molecule has 5 rings (SSSR count). The molecule has 166 valence electrons. The number of aromatic nitrogens is 3. The summed E-state index contributed by atoms with van der Waals surface area (Å²) < 4.78 is 3.91. The maximum absolute atomic E-state index is 13.1. The highest BCUT2D eigenvalue weighted by Crippen LogP contribution is 2.34. The Morgan fingerprint density at radius 2 is 1.94 bits per heavy atom. The molecule has 32 heavy (non-hydrogen) atoms. The molecule has 0 bridgehead atoms. The Morgan fingerprint density at radius 1 is 1.16 bits per heavy atom. The number of nitrogens with one attached hydrogen (secondary N) is 1. The Kier molecular flexibility index (Phi) is 5.85. The van der Waals surface area contributed by atoms with Gasteiger partial charge in [-0.15, -0.1) is 11.3 Å². The lowest BCUT2D eigenvalue weighted by Gasteiger charge is -2.23. The molecular weight excluding hydrogens is 418 g/mol. The molecule has 0 aliphatic carbocycles. The molecular formula is C25H29N5OS. The van der Waals surface area contributed by atoms with E-state index in [0.29, 0.717) is 18.3 Å². The van der Waals surface area contributed by atoms with Gasteiger partial charge in [0.25, 0.3) is 5.91 Å². The van der Waals surface area contributed by atoms with Crippen LogP contribution in [0.1, 0.15) is 36.7 Å². The van der Waals surface area contributed by atoms with E-state index >= 15 is 0 Å². The van der Waals surface area contributed by atoms with Crippen molar-refractivity contribution in [1.29, 1.82) is 0 Å². The first-order valence-electron chi connectivity index (χ1n) is 11.3. The quantitative estimate of drug-likeness (QED) is 0.447. The van der Waals surface area contributed by atoms with Crippen LogP contribution in [0.25, 0.3) is 27.3 Å². The zero-order chi connectivity index (χ0) is 22.1. The molecule has 1 aliphatic rings. The molecule has 1 atom stereocenters. The van der Waals surface area contributed by atoms with E-state index in [-0.39, 0.29) is 5.91 Å². The number of amides is 1. The third-order valence-electron chi connectivity index (χ3n) is 6.46. The first-order valence-corrected chi connectivity index (χ1v) is 12.2. The van der Waals surface area contributed by atoms with Crippen LogP contribution in [-0.2, 0) is 7.05 Å². The molecule has 0 radical (unpaired) electrons. The number of benzene rings is 1. The van der Waals surface area contributed by atoms with Crippen LogP contribution in [0, 0.1) is 0 Å². The van der Waals surface area contributed by atoms with Gasteiger partial charge in [-0.25, -0.2) is 4.68 Å². The van der Waals surface area contributed by atoms with E-state index in [1.807, 2.05) is 58.8 Å². The summed E-state index contributed by atoms with van der Waals surface area (Å²) in [5.74, 6) is -0.0333. The van der Waals surface area contributed by atoms with Gasteiger partial charge in [0.15, 0.2) is 0 Å². The molecule has 1 saturated heterocycles. The second kappa shape index (κ2) is 8.92. The maximum Gasteiger partial charge on any atom is 0.267 e. The molecule has 1 aromatic carbocycles. The highest BCUT2D eigenvalue weighted by molar-refractivity contribution is 7.13. The van der Waals surface area contributed by atoms with Crippen molar-refractivity contribution >= 4 is 28.3 Å². The van der Waals surface area contributed by atoms with E-state index in [1.165, 1.54) is 25.9 Å². The summed E-state index contributed by atoms with van der Waals surface area (Å²) in [5, 5.41) is 11.1. The lowest BCUT2D eigenvalue weighted by Crippen LogP contribution is -2.35. The summed E-state index contributed by atoms with van der Waals surface area (Å²) in [4.78, 5) is 16.7. The fourth-order valence-corrected chi connectivity index (χ4v) is 5.36. The number of fused-ring (bicyclic) bond motifs is 1. The van der Waals surface area contributed by atoms with Gasteiger partial charge in [0, 0.05) is 25.0 Å². The number of para-hydroxylation sites is 1. The minimum Gasteiger partial charge on any atom is -0.351 e. The third-order valence-corrected chi connectivity index (χ3v) is 7.33. The zero-order valence-corrected chi connectivity index (χ0v) is 19.4. The van der Waals surface area contributed by atoms with Crippen LogP contribution in [0.4, 0.5) is 0 Å². The molecule has 1 fully saturated rings. The van der Waals surface area contributed by atoms with Gasteiger partial charge >= 0.3 is 0 Å². The summed E-state index contributed by atoms with van der Waals surface area (Å²) in [6, 6.07) is 16.7. The fourth-order valence-electron chi connectivity index (χ4n) is 4.64. The fraction of sp³-hybridized carbons (Fsp3) is 0.360. The van der Waals surface area contributed by atoms with Crippen LogP contribution >= 0.6 is 11.3 Å². The SMILES string of the molecule is C[C@H](CCNC(=O)c1cc2c(-c3cccs3)nn(-c3ccccc3)c2n1C)N1CCCC1. The van der Waals surface area contributed by atoms with Gasteiger partial charge in [0.05, 0.1) is 10.6 Å². The van der Waals surface area contributed by atoms with Gasteiger partial charge in [0.2, 0.25) is 0 Å². The van der Waals surface area contributed by atoms with Crippen molar-refractivity contribution in [2.24, 2.45) is 7.05 Å². The van der Waals surface area contributed by atoms with Gasteiger partial charge in [-0.3, -0.25) is 4.79 Å². The molecule has 0 saturated carbocycles. The summed E-state index contributed by atoms with van der Waals surface area (Å²) in [7, 11) is 1.95. The predicted molar refractivity (Wildman–Crippen MR) is 131 cm³/mol. The van der Waals surface area contributed by atoms with E-state index in [0.717, 1.165) is 33.7 Å². The smallest absolute Gasteiger partial charge is 0.267 e. The lowest BCUT2D eigenvalue weighted by molar-refractivity contribution is 0.0941. The van der Waals surface area contributed by atoms with E-state index in [9.17, 15) is 4.79 Å². The van der Waals surface area contributed by atoms with Crippen LogP contribution in [0.15, 0.2) is 53.9 Å². The van der Waals surface area contributed by atoms with E-state index in [1.54, 1.807) is 11.3 Å². The van der Waals surface area contributed by atoms with Crippen molar-refractivity contribution in [2.75, 3.05) is 19.6 Å². The molecule has 3 aromatic heterocycles. The Hall–Kier alpha value is -2.90. The number of carbonyl (C=O) groups is 1. The first kappa shape index (κ1) is 21.0. The van der Waals surface area contributed by atoms with Crippen LogP contribution in [0.2, 0.25) is 0 Å². The predicted octanol–water partition coefficient (Wildman–Crippen LogP) is 4.70. The summed E-state index contributed by atoms with van der Waals surface area (Å²) >= 11 is 1.66. The number of hydrogen-bond donors (Lipinski definition) is 1. The van der Waals surface area contributed by atoms with Gasteiger partial charge in [-0.05, 0) is 68.9 Å². The maximum atomic E-state index is 13.1. The average molecular weight is 448 g/mol. The van der Waals surface area contributed by atoms with Crippen LogP contribution in [0.3, 0.4) is 0 Å². The van der Waals surface area contributed by atoms with E-state index in [4.69, 9.17) is 5.10 Å². The van der Waals surface area contributed by atoms with Crippen molar-refractivity contribution in [2.45, 2.75) is 32.2 Å². The zero-order valence-electron chi connectivity index (χ0n) is 18.6. The Bertz CT molecular complexity index is 1200. The molecule has 4 aromatic rings. The number of carbonyl (C=O) groups excluding carboxylic acids is 1. The summed E-state index contributed by atoms with van der Waals surface area (Å²) in [5.41, 5.74) is 3.48. The number of nitrogens with zero attached hydrogens (tertiary/aromatic N) is 4. The van der Waals surface area contributed by atoms with Crippen molar-refractivity contribution < 1.29 is 4.79 Å². The molecule has 7 heteroatoms. The Balaban J connectivity index is 1.44. The second-order valence-corrected chi connectivity index (χ2v) is 9.48. The van der Waals surface area contributed by atoms with Crippen molar-refractivity contribution in [3.63, 3.8) is 0 Å². The Morgan fingerprint density at radius 3 is 2.66 bits per heavy atom. The van der Waals surface area contributed by atoms with Gasteiger partial charge in [-0.2, -0.15) is 5.10 Å². The second-order valence-electron chi connectivity index (χ2n) is 8.54. The van der Waals surface area contributed by atoms with E-state index < -0.39 is 0 Å². The Labute approximate surface area is 192 Å². The first-order chi connectivity index (χ1) is 15.6. The molecule has 4 heterocycles. The van der Waals surface area contributed by atoms with Crippen molar-refractivity contribution in [3.05, 3.63) is 59.6 Å². The number of hydrogen-bond acceptors (Lipinski definition) is 4. The van der Waals surface area contributed by atoms with Crippen LogP contribution in [0.5, 0.6) is 0 Å². The van der Waals surface area contributed by atoms with Crippen LogP contribution < -0.4 is 5.32 Å². The van der Waals surface area contributed by atoms with Crippen molar-refractivity contribution in [3.8, 4) is 16.3 Å². The van der Waals surface area contributed by atoms with E-state index in [2.05, 4.69) is 28.6 Å². The number of aryl methyl sites for hydroxylation is 1. The van der Waals surface area contributed by atoms with Crippen molar-refractivity contribution in [1.82, 2.24) is 24.6 Å². The third kappa shape index (κ3) is 3.87. The highest BCUT2D eigenvalue weighted by atomic mass is 32.1. The topological polar surface area (TPSA) is 55.1 Å². The number of thiophene rings is 1. The molecule has 6 nitrogen and oxygen atoms in total. The minimum atomic E-state index is -0.0333. The standard InChI is InChI=1S/C25H29N5OS/c1-18(29-14-6-7-15-29)12-13-26-24(31)21-17-20-23(22-11-8-16-32-22)27-30(25(20)28(21)2)19-9-4-3-5-10-19/h3-5,8-11,16-18H,6-7,12-15H2,1-2H3,(H,26,31)/t18-/m1/s1. The lowest BCUT2D eigenvalue weighted by atomic mass is 10.2. The average Bonchev–Trinajstić information content (AvgIpc) is 3.59. The molecule has 1 amide bonds. The number of likely N-dealkylation sites (tertiary alicyclic amines) is 1. The summed E-state index contributed by atoms with van der Waals surface area (Å²) in [6.07, 6.45) is 3.54. The monoisotopic (exact) mass is 447 g/mol. The number of rotatable bonds is 7. The minimum absolute atomic E-state index is 0.0333. The highest BCUT2D eigenvalue weighted by Gasteiger charge is 2.23. The van der Waals surface area contributed by atoms with Gasteiger partial charge in [0.1, 0.15) is 17.0 Å². The van der Waals surface area contributed by atoms with Gasteiger partial charge < -0.3 is 14.8 Å². The van der Waals surface area contributed by atoms with Crippen LogP contribution in [-0.4, -0.2) is 50.8 Å². The molecule has 1 N–H and O–H groups in total.